The molecule has 0 aliphatic heterocycles. The standard InChI is InChI=1S/C13H21N5/c1-9(2)14-7-5-6-12-16-17-13-8-10(3)15-11(4)18(12)13/h8-9,14H,5-7H2,1-4H3. The Kier molecular flexibility index (Phi) is 3.91. The molecule has 5 nitrogen and oxygen atoms in total. The van der Waals surface area contributed by atoms with Crippen LogP contribution < -0.4 is 5.32 Å². The van der Waals surface area contributed by atoms with Crippen molar-refractivity contribution in [1.29, 1.82) is 0 Å². The van der Waals surface area contributed by atoms with E-state index in [9.17, 15) is 0 Å². The van der Waals surface area contributed by atoms with Crippen LogP contribution in [-0.4, -0.2) is 32.2 Å². The number of aromatic nitrogens is 4. The summed E-state index contributed by atoms with van der Waals surface area (Å²) < 4.78 is 2.04. The quantitative estimate of drug-likeness (QED) is 0.817. The fraction of sp³-hybridized carbons (Fsp3) is 0.615. The molecule has 0 bridgehead atoms. The van der Waals surface area contributed by atoms with E-state index in [1.165, 1.54) is 0 Å². The maximum absolute atomic E-state index is 4.46. The van der Waals surface area contributed by atoms with Crippen LogP contribution in [0, 0.1) is 13.8 Å². The zero-order valence-electron chi connectivity index (χ0n) is 11.6. The lowest BCUT2D eigenvalue weighted by atomic mass is 10.2. The summed E-state index contributed by atoms with van der Waals surface area (Å²) in [5.41, 5.74) is 1.88. The van der Waals surface area contributed by atoms with Crippen LogP contribution in [-0.2, 0) is 6.42 Å². The Hall–Kier alpha value is -1.49. The maximum Gasteiger partial charge on any atom is 0.164 e. The van der Waals surface area contributed by atoms with Gasteiger partial charge in [0.25, 0.3) is 0 Å². The highest BCUT2D eigenvalue weighted by Gasteiger charge is 2.08. The summed E-state index contributed by atoms with van der Waals surface area (Å²) in [6.07, 6.45) is 1.98. The Balaban J connectivity index is 2.10. The molecule has 2 aromatic heterocycles. The van der Waals surface area contributed by atoms with Gasteiger partial charge in [0, 0.05) is 24.2 Å². The monoisotopic (exact) mass is 247 g/mol. The third-order valence-electron chi connectivity index (χ3n) is 2.88. The van der Waals surface area contributed by atoms with Crippen molar-refractivity contribution >= 4 is 5.65 Å². The first-order valence-electron chi connectivity index (χ1n) is 6.49. The molecule has 2 aromatic rings. The van der Waals surface area contributed by atoms with E-state index < -0.39 is 0 Å². The van der Waals surface area contributed by atoms with Crippen molar-refractivity contribution in [3.05, 3.63) is 23.4 Å². The number of hydrogen-bond acceptors (Lipinski definition) is 4. The molecule has 0 radical (unpaired) electrons. The average molecular weight is 247 g/mol. The Morgan fingerprint density at radius 2 is 2.06 bits per heavy atom. The Morgan fingerprint density at radius 1 is 1.28 bits per heavy atom. The molecular formula is C13H21N5. The number of fused-ring (bicyclic) bond motifs is 1. The van der Waals surface area contributed by atoms with Crippen LogP contribution in [0.4, 0.5) is 0 Å². The molecule has 0 saturated heterocycles. The fourth-order valence-corrected chi connectivity index (χ4v) is 2.10. The lowest BCUT2D eigenvalue weighted by molar-refractivity contribution is 0.564. The van der Waals surface area contributed by atoms with Crippen LogP contribution in [0.3, 0.4) is 0 Å². The van der Waals surface area contributed by atoms with E-state index in [2.05, 4.69) is 34.3 Å². The second-order valence-electron chi connectivity index (χ2n) is 4.97. The minimum Gasteiger partial charge on any atom is -0.315 e. The van der Waals surface area contributed by atoms with Crippen LogP contribution in [0.5, 0.6) is 0 Å². The van der Waals surface area contributed by atoms with Crippen LogP contribution in [0.25, 0.3) is 5.65 Å². The minimum atomic E-state index is 0.534. The highest BCUT2D eigenvalue weighted by atomic mass is 15.3. The van der Waals surface area contributed by atoms with Gasteiger partial charge in [0.1, 0.15) is 11.6 Å². The van der Waals surface area contributed by atoms with Gasteiger partial charge < -0.3 is 5.32 Å². The van der Waals surface area contributed by atoms with E-state index in [1.807, 2.05) is 24.3 Å². The number of nitrogens with one attached hydrogen (secondary N) is 1. The molecule has 98 valence electrons. The topological polar surface area (TPSA) is 55.1 Å². The third-order valence-corrected chi connectivity index (χ3v) is 2.88. The number of rotatable bonds is 5. The van der Waals surface area contributed by atoms with Gasteiger partial charge in [0.15, 0.2) is 5.65 Å². The molecular weight excluding hydrogens is 226 g/mol. The van der Waals surface area contributed by atoms with Gasteiger partial charge in [0.2, 0.25) is 0 Å². The van der Waals surface area contributed by atoms with E-state index in [4.69, 9.17) is 0 Å². The SMILES string of the molecule is Cc1cc2nnc(CCCNC(C)C)n2c(C)n1. The first-order chi connectivity index (χ1) is 8.58. The van der Waals surface area contributed by atoms with Crippen molar-refractivity contribution in [1.82, 2.24) is 24.9 Å². The van der Waals surface area contributed by atoms with Gasteiger partial charge in [-0.15, -0.1) is 10.2 Å². The highest BCUT2D eigenvalue weighted by molar-refractivity contribution is 5.39. The van der Waals surface area contributed by atoms with Gasteiger partial charge in [-0.05, 0) is 26.8 Å². The predicted octanol–water partition coefficient (Wildman–Crippen LogP) is 1.67. The molecule has 1 N–H and O–H groups in total. The molecule has 0 fully saturated rings. The van der Waals surface area contributed by atoms with Crippen molar-refractivity contribution in [2.45, 2.75) is 46.6 Å². The lowest BCUT2D eigenvalue weighted by Gasteiger charge is -2.07. The largest absolute Gasteiger partial charge is 0.315 e. The molecule has 5 heteroatoms. The van der Waals surface area contributed by atoms with Crippen LogP contribution in [0.15, 0.2) is 6.07 Å². The van der Waals surface area contributed by atoms with E-state index >= 15 is 0 Å². The summed E-state index contributed by atoms with van der Waals surface area (Å²) in [7, 11) is 0. The maximum atomic E-state index is 4.46. The second kappa shape index (κ2) is 5.44. The summed E-state index contributed by atoms with van der Waals surface area (Å²) in [6.45, 7) is 9.30. The number of nitrogens with zero attached hydrogens (tertiary/aromatic N) is 4. The Morgan fingerprint density at radius 3 is 2.78 bits per heavy atom. The van der Waals surface area contributed by atoms with Gasteiger partial charge in [-0.1, -0.05) is 13.8 Å². The predicted molar refractivity (Wildman–Crippen MR) is 71.7 cm³/mol. The third kappa shape index (κ3) is 2.85. The fourth-order valence-electron chi connectivity index (χ4n) is 2.10. The van der Waals surface area contributed by atoms with Crippen LogP contribution in [0.1, 0.15) is 37.6 Å². The Labute approximate surface area is 108 Å². The first kappa shape index (κ1) is 13.0. The molecule has 2 heterocycles. The van der Waals surface area contributed by atoms with Crippen molar-refractivity contribution < 1.29 is 0 Å². The lowest BCUT2D eigenvalue weighted by Crippen LogP contribution is -2.24. The summed E-state index contributed by atoms with van der Waals surface area (Å²) >= 11 is 0. The van der Waals surface area contributed by atoms with Crippen LogP contribution >= 0.6 is 0 Å². The molecule has 0 aliphatic rings. The molecule has 2 rings (SSSR count). The molecule has 0 aliphatic carbocycles. The van der Waals surface area contributed by atoms with E-state index in [0.717, 1.165) is 42.4 Å². The average Bonchev–Trinajstić information content (AvgIpc) is 2.67. The van der Waals surface area contributed by atoms with Crippen molar-refractivity contribution in [2.24, 2.45) is 0 Å². The zero-order chi connectivity index (χ0) is 13.1. The zero-order valence-corrected chi connectivity index (χ0v) is 11.6. The molecule has 0 spiro atoms. The summed E-state index contributed by atoms with van der Waals surface area (Å²) in [6, 6.07) is 2.50. The molecule has 0 aromatic carbocycles. The van der Waals surface area contributed by atoms with Gasteiger partial charge >= 0.3 is 0 Å². The molecule has 18 heavy (non-hydrogen) atoms. The van der Waals surface area contributed by atoms with Gasteiger partial charge in [-0.3, -0.25) is 4.40 Å². The van der Waals surface area contributed by atoms with Crippen molar-refractivity contribution in [2.75, 3.05) is 6.54 Å². The summed E-state index contributed by atoms with van der Waals surface area (Å²) in [5.74, 6) is 1.96. The number of hydrogen-bond donors (Lipinski definition) is 1. The van der Waals surface area contributed by atoms with E-state index in [0.29, 0.717) is 6.04 Å². The van der Waals surface area contributed by atoms with Crippen molar-refractivity contribution in [3.8, 4) is 0 Å². The second-order valence-corrected chi connectivity index (χ2v) is 4.97. The van der Waals surface area contributed by atoms with Gasteiger partial charge in [0.05, 0.1) is 0 Å². The molecule has 0 atom stereocenters. The smallest absolute Gasteiger partial charge is 0.164 e. The van der Waals surface area contributed by atoms with Gasteiger partial charge in [-0.25, -0.2) is 4.98 Å². The van der Waals surface area contributed by atoms with Crippen LogP contribution in [0.2, 0.25) is 0 Å². The summed E-state index contributed by atoms with van der Waals surface area (Å²) in [4.78, 5) is 4.46. The van der Waals surface area contributed by atoms with Crippen molar-refractivity contribution in [3.63, 3.8) is 0 Å². The normalized spacial score (nSPS) is 11.6. The summed E-state index contributed by atoms with van der Waals surface area (Å²) in [5, 5.41) is 11.9. The minimum absolute atomic E-state index is 0.534. The number of aryl methyl sites for hydroxylation is 3. The highest BCUT2D eigenvalue weighted by Crippen LogP contribution is 2.09. The first-order valence-corrected chi connectivity index (χ1v) is 6.49. The van der Waals surface area contributed by atoms with E-state index in [1.54, 1.807) is 0 Å². The van der Waals surface area contributed by atoms with Gasteiger partial charge in [-0.2, -0.15) is 0 Å². The van der Waals surface area contributed by atoms with E-state index in [-0.39, 0.29) is 0 Å². The Bertz CT molecular complexity index is 529. The molecule has 0 unspecified atom stereocenters. The molecule has 0 saturated carbocycles. The molecule has 0 amide bonds.